The molecule has 0 saturated carbocycles. The van der Waals surface area contributed by atoms with Crippen molar-refractivity contribution >= 4 is 11.4 Å². The van der Waals surface area contributed by atoms with Crippen LogP contribution in [0, 0.1) is 0 Å². The summed E-state index contributed by atoms with van der Waals surface area (Å²) >= 11 is 0. The lowest BCUT2D eigenvalue weighted by Gasteiger charge is -2.31. The van der Waals surface area contributed by atoms with Crippen molar-refractivity contribution in [1.29, 1.82) is 0 Å². The quantitative estimate of drug-likeness (QED) is 0.155. The van der Waals surface area contributed by atoms with Gasteiger partial charge >= 0.3 is 0 Å². The zero-order valence-electron chi connectivity index (χ0n) is 23.2. The smallest absolute Gasteiger partial charge is 0.285 e. The lowest BCUT2D eigenvalue weighted by molar-refractivity contribution is -0.138. The summed E-state index contributed by atoms with van der Waals surface area (Å²) in [7, 11) is 0. The summed E-state index contributed by atoms with van der Waals surface area (Å²) < 4.78 is 71.3. The first-order valence-corrected chi connectivity index (χ1v) is 12.9. The van der Waals surface area contributed by atoms with Gasteiger partial charge in [-0.15, -0.1) is 0 Å². The number of hydrogen-bond donors (Lipinski definition) is 1. The second-order valence-electron chi connectivity index (χ2n) is 9.65. The number of alkyl halides is 4. The molecule has 0 aliphatic carbocycles. The summed E-state index contributed by atoms with van der Waals surface area (Å²) in [5.41, 5.74) is 5.78. The van der Waals surface area contributed by atoms with Gasteiger partial charge in [-0.05, 0) is 66.3 Å². The molecule has 2 rings (SSSR count). The number of nitrogens with two attached hydrogens (primary N) is 1. The molecule has 0 spiro atoms. The molecule has 0 amide bonds. The van der Waals surface area contributed by atoms with Crippen molar-refractivity contribution in [2.24, 2.45) is 0 Å². The topological polar surface area (TPSA) is 42.2 Å². The van der Waals surface area contributed by atoms with E-state index in [9.17, 15) is 17.6 Å². The van der Waals surface area contributed by atoms with Crippen LogP contribution in [0.1, 0.15) is 69.2 Å². The molecule has 2 N–H and O–H groups in total. The van der Waals surface area contributed by atoms with Crippen molar-refractivity contribution in [3.63, 3.8) is 0 Å². The Morgan fingerprint density at radius 1 is 1.23 bits per heavy atom. The van der Waals surface area contributed by atoms with E-state index in [1.54, 1.807) is 38.4 Å². The summed E-state index contributed by atoms with van der Waals surface area (Å²) in [4.78, 5) is 6.17. The maximum Gasteiger partial charge on any atom is 0.285 e. The van der Waals surface area contributed by atoms with Crippen molar-refractivity contribution in [2.75, 3.05) is 19.0 Å². The number of aromatic nitrogens is 1. The number of hydrogen-bond acceptors (Lipinski definition) is 3. The molecular weight excluding hydrogens is 509 g/mol. The molecule has 0 saturated heterocycles. The zero-order chi connectivity index (χ0) is 29.4. The van der Waals surface area contributed by atoms with E-state index in [0.29, 0.717) is 31.8 Å². The molecule has 3 nitrogen and oxygen atoms in total. The average molecular weight is 548 g/mol. The minimum atomic E-state index is -3.98. The Kier molecular flexibility index (Phi) is 11.1. The van der Waals surface area contributed by atoms with Gasteiger partial charge < -0.3 is 10.6 Å². The number of anilines is 1. The predicted molar refractivity (Wildman–Crippen MR) is 150 cm³/mol. The molecule has 2 atom stereocenters. The first kappa shape index (κ1) is 31.8. The maximum absolute atomic E-state index is 15.3. The van der Waals surface area contributed by atoms with Gasteiger partial charge in [0.15, 0.2) is 0 Å². The van der Waals surface area contributed by atoms with Crippen LogP contribution in [0.5, 0.6) is 0 Å². The SMILES string of the molecule is C=C(c1cccnc1)N(CCC)/C(C)=C/C=C\C(=C\F)[C@@H](C)c1cc(C(F)(CF)C(C)(F)F)cc(CC)c1N. The van der Waals surface area contributed by atoms with Crippen LogP contribution >= 0.6 is 0 Å². The minimum Gasteiger partial charge on any atom is -0.398 e. The van der Waals surface area contributed by atoms with Gasteiger partial charge in [0.2, 0.25) is 5.67 Å². The number of benzene rings is 1. The van der Waals surface area contributed by atoms with Crippen molar-refractivity contribution in [1.82, 2.24) is 9.88 Å². The summed E-state index contributed by atoms with van der Waals surface area (Å²) in [5.74, 6) is -4.70. The molecule has 1 heterocycles. The Labute approximate surface area is 228 Å². The monoisotopic (exact) mass is 547 g/mol. The van der Waals surface area contributed by atoms with Crippen molar-refractivity contribution in [3.05, 3.63) is 101 Å². The van der Waals surface area contributed by atoms with Gasteiger partial charge in [-0.2, -0.15) is 0 Å². The Bertz CT molecular complexity index is 1210. The predicted octanol–water partition coefficient (Wildman–Crippen LogP) is 8.82. The summed E-state index contributed by atoms with van der Waals surface area (Å²) in [6, 6.07) is 6.03. The van der Waals surface area contributed by atoms with E-state index < -0.39 is 29.7 Å². The van der Waals surface area contributed by atoms with Gasteiger partial charge in [0, 0.05) is 54.4 Å². The van der Waals surface area contributed by atoms with E-state index in [-0.39, 0.29) is 16.8 Å². The van der Waals surface area contributed by atoms with Crippen LogP contribution in [-0.4, -0.2) is 29.0 Å². The molecule has 0 radical (unpaired) electrons. The number of halogens is 5. The number of aryl methyl sites for hydroxylation is 1. The zero-order valence-corrected chi connectivity index (χ0v) is 23.2. The minimum absolute atomic E-state index is 0.186. The highest BCUT2D eigenvalue weighted by molar-refractivity contribution is 5.63. The van der Waals surface area contributed by atoms with Crippen LogP contribution in [-0.2, 0) is 12.1 Å². The fourth-order valence-electron chi connectivity index (χ4n) is 4.35. The van der Waals surface area contributed by atoms with Crippen LogP contribution in [0.25, 0.3) is 5.70 Å². The number of rotatable bonds is 13. The van der Waals surface area contributed by atoms with Crippen molar-refractivity contribution in [2.45, 2.75) is 65.0 Å². The molecule has 1 aromatic carbocycles. The van der Waals surface area contributed by atoms with Crippen molar-refractivity contribution < 1.29 is 22.0 Å². The van der Waals surface area contributed by atoms with E-state index in [0.717, 1.165) is 29.4 Å². The van der Waals surface area contributed by atoms with Gasteiger partial charge in [-0.1, -0.05) is 45.6 Å². The molecule has 1 aromatic heterocycles. The lowest BCUT2D eigenvalue weighted by atomic mass is 9.83. The normalized spacial score (nSPS) is 15.3. The highest BCUT2D eigenvalue weighted by Crippen LogP contribution is 2.44. The Hall–Kier alpha value is -3.42. The third-order valence-corrected chi connectivity index (χ3v) is 6.93. The molecule has 8 heteroatoms. The Morgan fingerprint density at radius 2 is 1.92 bits per heavy atom. The fraction of sp³-hybridized carbons (Fsp3) is 0.387. The van der Waals surface area contributed by atoms with Gasteiger partial charge in [0.05, 0.1) is 6.33 Å². The number of nitrogen functional groups attached to an aromatic ring is 1. The molecule has 0 aliphatic heterocycles. The van der Waals surface area contributed by atoms with Gasteiger partial charge in [-0.3, -0.25) is 4.98 Å². The van der Waals surface area contributed by atoms with E-state index >= 15 is 4.39 Å². The van der Waals surface area contributed by atoms with E-state index in [1.165, 1.54) is 12.1 Å². The second kappa shape index (κ2) is 13.6. The van der Waals surface area contributed by atoms with Crippen LogP contribution < -0.4 is 5.73 Å². The molecule has 1 unspecified atom stereocenters. The van der Waals surface area contributed by atoms with E-state index in [2.05, 4.69) is 11.6 Å². The van der Waals surface area contributed by atoms with Gasteiger partial charge in [-0.25, -0.2) is 22.0 Å². The second-order valence-corrected chi connectivity index (χ2v) is 9.65. The first-order valence-electron chi connectivity index (χ1n) is 12.9. The number of allylic oxidation sites excluding steroid dienone is 5. The molecule has 39 heavy (non-hydrogen) atoms. The summed E-state index contributed by atoms with van der Waals surface area (Å²) in [6.07, 6.45) is 9.98. The highest BCUT2D eigenvalue weighted by atomic mass is 19.3. The van der Waals surface area contributed by atoms with E-state index in [1.807, 2.05) is 30.9 Å². The molecule has 0 fully saturated rings. The van der Waals surface area contributed by atoms with E-state index in [4.69, 9.17) is 5.73 Å². The molecule has 212 valence electrons. The molecule has 0 bridgehead atoms. The number of nitrogens with zero attached hydrogens (tertiary/aromatic N) is 2. The standard InChI is InChI=1S/C31H38F5N3/c1-7-15-39(23(5)26-13-10-14-38-19-26)21(3)11-9-12-25(18-32)22(4)28-17-27(16-24(8-2)29(28)37)31(36,20-33)30(6,34)35/h9-14,16-19,22H,5,7-8,15,20,37H2,1-4,6H3/b12-9-,21-11+,25-18-/t22-,31?/m1/s1. The summed E-state index contributed by atoms with van der Waals surface area (Å²) in [5, 5.41) is 0. The molecule has 0 aliphatic rings. The lowest BCUT2D eigenvalue weighted by Crippen LogP contribution is -2.41. The van der Waals surface area contributed by atoms with Crippen LogP contribution in [0.15, 0.2) is 79.1 Å². The maximum atomic E-state index is 15.3. The average Bonchev–Trinajstić information content (AvgIpc) is 2.92. The fourth-order valence-corrected chi connectivity index (χ4v) is 4.35. The largest absolute Gasteiger partial charge is 0.398 e. The van der Waals surface area contributed by atoms with Gasteiger partial charge in [0.25, 0.3) is 5.92 Å². The number of pyridine rings is 1. The van der Waals surface area contributed by atoms with Gasteiger partial charge in [0.1, 0.15) is 6.67 Å². The third kappa shape index (κ3) is 7.16. The molecular formula is C31H38F5N3. The first-order chi connectivity index (χ1) is 18.4. The van der Waals surface area contributed by atoms with Crippen LogP contribution in [0.4, 0.5) is 27.6 Å². The molecule has 2 aromatic rings. The van der Waals surface area contributed by atoms with Crippen molar-refractivity contribution in [3.8, 4) is 0 Å². The Morgan fingerprint density at radius 3 is 2.44 bits per heavy atom. The summed E-state index contributed by atoms with van der Waals surface area (Å²) in [6.45, 7) is 10.6. The van der Waals surface area contributed by atoms with Crippen LogP contribution in [0.3, 0.4) is 0 Å². The Balaban J connectivity index is 2.43. The highest BCUT2D eigenvalue weighted by Gasteiger charge is 2.53. The van der Waals surface area contributed by atoms with Crippen LogP contribution in [0.2, 0.25) is 0 Å². The third-order valence-electron chi connectivity index (χ3n) is 6.93.